The van der Waals surface area contributed by atoms with E-state index in [1.807, 2.05) is 12.1 Å². The van der Waals surface area contributed by atoms with E-state index in [2.05, 4.69) is 99.7 Å². The maximum atomic E-state index is 11.2. The quantitative estimate of drug-likeness (QED) is 0.237. The second-order valence-electron chi connectivity index (χ2n) is 13.7. The summed E-state index contributed by atoms with van der Waals surface area (Å²) in [6.07, 6.45) is 11.8. The van der Waals surface area contributed by atoms with Crippen molar-refractivity contribution in [1.82, 2.24) is 0 Å². The van der Waals surface area contributed by atoms with E-state index in [-0.39, 0.29) is 23.0 Å². The van der Waals surface area contributed by atoms with Crippen LogP contribution in [0.25, 0.3) is 0 Å². The molecule has 3 aromatic rings. The maximum absolute atomic E-state index is 11.2. The van der Waals surface area contributed by atoms with Crippen molar-refractivity contribution in [2.24, 2.45) is 17.8 Å². The molecule has 3 aliphatic carbocycles. The van der Waals surface area contributed by atoms with Crippen LogP contribution in [0.4, 0.5) is 0 Å². The van der Waals surface area contributed by atoms with Crippen LogP contribution in [0.3, 0.4) is 0 Å². The Balaban J connectivity index is 1.42. The largest absolute Gasteiger partial charge is 0.508 e. The van der Waals surface area contributed by atoms with Crippen molar-refractivity contribution in [3.63, 3.8) is 0 Å². The third kappa shape index (κ3) is 5.24. The molecule has 0 amide bonds. The average molecular weight is 567 g/mol. The number of aliphatic hydroxyl groups excluding tert-OH is 1. The molecular formula is C37H46O3Si. The normalized spacial score (nSPS) is 25.8. The topological polar surface area (TPSA) is 49.7 Å². The maximum Gasteiger partial charge on any atom is 0.261 e. The lowest BCUT2D eigenvalue weighted by Crippen LogP contribution is -2.68. The number of aromatic hydroxyl groups is 1. The Labute approximate surface area is 247 Å². The number of fused-ring (bicyclic) bond motifs is 3. The first-order valence-corrected chi connectivity index (χ1v) is 17.7. The van der Waals surface area contributed by atoms with Gasteiger partial charge in [-0.15, -0.1) is 0 Å². The number of hydrogen-bond donors (Lipinski definition) is 2. The van der Waals surface area contributed by atoms with Gasteiger partial charge in [0.15, 0.2) is 0 Å². The van der Waals surface area contributed by atoms with Crippen molar-refractivity contribution in [3.05, 3.63) is 102 Å². The van der Waals surface area contributed by atoms with E-state index in [1.165, 1.54) is 35.2 Å². The summed E-state index contributed by atoms with van der Waals surface area (Å²) in [4.78, 5) is 0. The van der Waals surface area contributed by atoms with Gasteiger partial charge >= 0.3 is 0 Å². The molecule has 6 rings (SSSR count). The van der Waals surface area contributed by atoms with Gasteiger partial charge in [-0.2, -0.15) is 0 Å². The number of phenols is 1. The predicted molar refractivity (Wildman–Crippen MR) is 170 cm³/mol. The zero-order chi connectivity index (χ0) is 28.6. The molecular weight excluding hydrogens is 520 g/mol. The molecule has 3 nitrogen and oxygen atoms in total. The number of benzene rings is 3. The van der Waals surface area contributed by atoms with Gasteiger partial charge in [-0.25, -0.2) is 0 Å². The van der Waals surface area contributed by atoms with Crippen LogP contribution in [0.15, 0.2) is 91.0 Å². The summed E-state index contributed by atoms with van der Waals surface area (Å²) < 4.78 is 7.74. The van der Waals surface area contributed by atoms with E-state index < -0.39 is 14.4 Å². The fraction of sp³-hybridized carbons (Fsp3) is 0.459. The SMILES string of the molecule is CC(C)(C)[Si](O[C@@H]1C[C@@H]2c3c(O)cccc3C[C@@H]2[C@@H]1/C=C\C(O)C1CCCCC1)(c1ccccc1)c1ccccc1. The van der Waals surface area contributed by atoms with Gasteiger partial charge in [-0.1, -0.05) is 125 Å². The molecule has 3 aliphatic rings. The third-order valence-corrected chi connectivity index (χ3v) is 15.4. The number of rotatable bonds is 7. The molecule has 0 heterocycles. The van der Waals surface area contributed by atoms with Crippen LogP contribution in [-0.2, 0) is 10.8 Å². The van der Waals surface area contributed by atoms with Crippen molar-refractivity contribution in [1.29, 1.82) is 0 Å². The fourth-order valence-corrected chi connectivity index (χ4v) is 13.1. The van der Waals surface area contributed by atoms with Crippen LogP contribution >= 0.6 is 0 Å². The second-order valence-corrected chi connectivity index (χ2v) is 18.0. The third-order valence-electron chi connectivity index (χ3n) is 10.3. The lowest BCUT2D eigenvalue weighted by molar-refractivity contribution is 0.122. The first-order valence-electron chi connectivity index (χ1n) is 15.8. The molecule has 2 fully saturated rings. The minimum atomic E-state index is -2.76. The van der Waals surface area contributed by atoms with Crippen LogP contribution in [-0.4, -0.2) is 30.7 Å². The first-order chi connectivity index (χ1) is 19.8. The van der Waals surface area contributed by atoms with Crippen molar-refractivity contribution < 1.29 is 14.6 Å². The van der Waals surface area contributed by atoms with E-state index in [0.717, 1.165) is 31.2 Å². The Bertz CT molecular complexity index is 1300. The van der Waals surface area contributed by atoms with Gasteiger partial charge < -0.3 is 14.6 Å². The van der Waals surface area contributed by atoms with Crippen LogP contribution in [0.5, 0.6) is 5.75 Å². The molecule has 0 radical (unpaired) electrons. The molecule has 0 saturated heterocycles. The van der Waals surface area contributed by atoms with E-state index in [0.29, 0.717) is 17.6 Å². The summed E-state index contributed by atoms with van der Waals surface area (Å²) >= 11 is 0. The highest BCUT2D eigenvalue weighted by atomic mass is 28.4. The molecule has 216 valence electrons. The average Bonchev–Trinajstić information content (AvgIpc) is 3.51. The minimum Gasteiger partial charge on any atom is -0.508 e. The Morgan fingerprint density at radius 3 is 2.10 bits per heavy atom. The van der Waals surface area contributed by atoms with Gasteiger partial charge in [0.05, 0.1) is 12.2 Å². The summed E-state index contributed by atoms with van der Waals surface area (Å²) in [6.45, 7) is 7.02. The Morgan fingerprint density at radius 2 is 1.49 bits per heavy atom. The second kappa shape index (κ2) is 11.5. The molecule has 0 bridgehead atoms. The minimum absolute atomic E-state index is 0.00105. The zero-order valence-electron chi connectivity index (χ0n) is 24.9. The van der Waals surface area contributed by atoms with Crippen LogP contribution in [0.1, 0.15) is 76.3 Å². The molecule has 2 N–H and O–H groups in total. The number of aliphatic hydroxyl groups is 1. The van der Waals surface area contributed by atoms with Crippen molar-refractivity contribution in [3.8, 4) is 5.75 Å². The van der Waals surface area contributed by atoms with Crippen LogP contribution in [0, 0.1) is 17.8 Å². The van der Waals surface area contributed by atoms with Gasteiger partial charge in [-0.05, 0) is 70.5 Å². The number of hydrogen-bond acceptors (Lipinski definition) is 3. The van der Waals surface area contributed by atoms with Gasteiger partial charge in [0.2, 0.25) is 0 Å². The fourth-order valence-electron chi connectivity index (χ4n) is 8.38. The lowest BCUT2D eigenvalue weighted by atomic mass is 9.84. The van der Waals surface area contributed by atoms with Crippen molar-refractivity contribution in [2.75, 3.05) is 0 Å². The van der Waals surface area contributed by atoms with E-state index >= 15 is 0 Å². The van der Waals surface area contributed by atoms with E-state index in [1.54, 1.807) is 0 Å². The highest BCUT2D eigenvalue weighted by molar-refractivity contribution is 6.99. The smallest absolute Gasteiger partial charge is 0.261 e. The summed E-state index contributed by atoms with van der Waals surface area (Å²) in [5.41, 5.74) is 2.40. The predicted octanol–water partition coefficient (Wildman–Crippen LogP) is 7.11. The van der Waals surface area contributed by atoms with Gasteiger partial charge in [-0.3, -0.25) is 0 Å². The summed E-state index contributed by atoms with van der Waals surface area (Å²) in [5, 5.41) is 24.7. The highest BCUT2D eigenvalue weighted by Gasteiger charge is 2.56. The zero-order valence-corrected chi connectivity index (χ0v) is 25.9. The highest BCUT2D eigenvalue weighted by Crippen LogP contribution is 2.56. The molecule has 0 spiro atoms. The van der Waals surface area contributed by atoms with Gasteiger partial charge in [0.25, 0.3) is 8.32 Å². The molecule has 3 aromatic carbocycles. The molecule has 41 heavy (non-hydrogen) atoms. The molecule has 0 aliphatic heterocycles. The molecule has 1 unspecified atom stereocenters. The summed E-state index contributed by atoms with van der Waals surface area (Å²) in [6, 6.07) is 27.8. The first kappa shape index (κ1) is 28.5. The Morgan fingerprint density at radius 1 is 0.854 bits per heavy atom. The van der Waals surface area contributed by atoms with E-state index in [4.69, 9.17) is 4.43 Å². The van der Waals surface area contributed by atoms with Crippen molar-refractivity contribution in [2.45, 2.75) is 88.9 Å². The van der Waals surface area contributed by atoms with E-state index in [9.17, 15) is 10.2 Å². The Hall–Kier alpha value is -2.66. The van der Waals surface area contributed by atoms with Crippen molar-refractivity contribution >= 4 is 18.7 Å². The summed E-state index contributed by atoms with van der Waals surface area (Å²) in [7, 11) is -2.76. The summed E-state index contributed by atoms with van der Waals surface area (Å²) in [5.74, 6) is 1.57. The molecule has 4 heteroatoms. The standard InChI is InChI=1S/C37H46O3Si/c1-37(2,3)41(28-17-9-5-10-18-28,29-19-11-6-12-20-29)40-35-25-32-31(24-27-16-13-21-34(39)36(27)32)30(35)22-23-33(38)26-14-7-4-8-15-26/h5-6,9-13,16-23,26,30-33,35,38-39H,4,7-8,14-15,24-25H2,1-3H3/b23-22-/t30-,31+,32-,33?,35+/m0/s1. The number of phenolic OH excluding ortho intramolecular Hbond substituents is 1. The molecule has 2 saturated carbocycles. The molecule has 5 atom stereocenters. The lowest BCUT2D eigenvalue weighted by Gasteiger charge is -2.45. The van der Waals surface area contributed by atoms with Gasteiger partial charge in [0, 0.05) is 11.5 Å². The monoisotopic (exact) mass is 566 g/mol. The Kier molecular flexibility index (Phi) is 8.02. The van der Waals surface area contributed by atoms with Crippen LogP contribution < -0.4 is 10.4 Å². The van der Waals surface area contributed by atoms with Gasteiger partial charge in [0.1, 0.15) is 5.75 Å². The molecule has 0 aromatic heterocycles. The van der Waals surface area contributed by atoms with Crippen LogP contribution in [0.2, 0.25) is 5.04 Å².